The van der Waals surface area contributed by atoms with E-state index < -0.39 is 0 Å². The zero-order chi connectivity index (χ0) is 20.1. The second-order valence-electron chi connectivity index (χ2n) is 7.67. The van der Waals surface area contributed by atoms with Crippen molar-refractivity contribution in [1.29, 1.82) is 0 Å². The van der Waals surface area contributed by atoms with Gasteiger partial charge in [0.1, 0.15) is 17.6 Å². The predicted molar refractivity (Wildman–Crippen MR) is 119 cm³/mol. The lowest BCUT2D eigenvalue weighted by molar-refractivity contribution is -0.699. The van der Waals surface area contributed by atoms with Gasteiger partial charge in [0.15, 0.2) is 0 Å². The van der Waals surface area contributed by atoms with Crippen molar-refractivity contribution in [2.45, 2.75) is 39.2 Å². The van der Waals surface area contributed by atoms with Gasteiger partial charge in [-0.2, -0.15) is 4.57 Å². The highest BCUT2D eigenvalue weighted by molar-refractivity contribution is 5.36. The average Bonchev–Trinajstić information content (AvgIpc) is 3.12. The van der Waals surface area contributed by atoms with Crippen molar-refractivity contribution in [2.75, 3.05) is 0 Å². The topological polar surface area (TPSA) is 8.81 Å². The zero-order valence-corrected chi connectivity index (χ0v) is 17.3. The number of benzene rings is 3. The maximum atomic E-state index is 2.47. The molecular weight excluding hydrogens is 352 g/mol. The van der Waals surface area contributed by atoms with Crippen LogP contribution in [0.1, 0.15) is 42.4 Å². The maximum absolute atomic E-state index is 2.47. The summed E-state index contributed by atoms with van der Waals surface area (Å²) in [6, 6.07) is 32.4. The van der Waals surface area contributed by atoms with E-state index in [4.69, 9.17) is 0 Å². The standard InChI is InChI=1S/C27H29N2/c1-3-28-21-26(19-22(2)24-15-9-5-10-16-24)29(25-17-11-6-12-18-25)27(28)20-23-13-7-4-8-14-23/h4-18,21-22H,3,19-20H2,1-2H3/q+1. The Morgan fingerprint density at radius 2 is 1.38 bits per heavy atom. The van der Waals surface area contributed by atoms with E-state index in [0.29, 0.717) is 5.92 Å². The fraction of sp³-hybridized carbons (Fsp3) is 0.222. The number of hydrogen-bond acceptors (Lipinski definition) is 0. The highest BCUT2D eigenvalue weighted by Gasteiger charge is 2.25. The molecule has 0 amide bonds. The van der Waals surface area contributed by atoms with Crippen molar-refractivity contribution in [3.05, 3.63) is 120 Å². The fourth-order valence-corrected chi connectivity index (χ4v) is 4.09. The van der Waals surface area contributed by atoms with Gasteiger partial charge >= 0.3 is 0 Å². The summed E-state index contributed by atoms with van der Waals surface area (Å²) in [6.45, 7) is 5.52. The van der Waals surface area contributed by atoms with Crippen LogP contribution in [-0.2, 0) is 19.4 Å². The molecule has 4 rings (SSSR count). The van der Waals surface area contributed by atoms with Gasteiger partial charge < -0.3 is 0 Å². The van der Waals surface area contributed by atoms with Crippen molar-refractivity contribution >= 4 is 0 Å². The average molecular weight is 382 g/mol. The van der Waals surface area contributed by atoms with Crippen LogP contribution < -0.4 is 4.57 Å². The molecule has 1 heterocycles. The fourth-order valence-electron chi connectivity index (χ4n) is 4.09. The van der Waals surface area contributed by atoms with Gasteiger partial charge in [0.25, 0.3) is 5.82 Å². The highest BCUT2D eigenvalue weighted by Crippen LogP contribution is 2.24. The van der Waals surface area contributed by atoms with E-state index in [0.717, 1.165) is 19.4 Å². The Kier molecular flexibility index (Phi) is 5.90. The molecule has 4 aromatic rings. The van der Waals surface area contributed by atoms with E-state index in [1.54, 1.807) is 0 Å². The van der Waals surface area contributed by atoms with E-state index in [2.05, 4.69) is 120 Å². The molecule has 29 heavy (non-hydrogen) atoms. The minimum absolute atomic E-state index is 0.462. The second-order valence-corrected chi connectivity index (χ2v) is 7.67. The van der Waals surface area contributed by atoms with Crippen LogP contribution in [0.4, 0.5) is 0 Å². The number of para-hydroxylation sites is 1. The molecular formula is C27H29N2+. The van der Waals surface area contributed by atoms with Crippen molar-refractivity contribution < 1.29 is 4.57 Å². The largest absolute Gasteiger partial charge is 0.266 e. The molecule has 0 radical (unpaired) electrons. The van der Waals surface area contributed by atoms with Gasteiger partial charge in [-0.25, -0.2) is 4.57 Å². The molecule has 2 heteroatoms. The van der Waals surface area contributed by atoms with Crippen LogP contribution >= 0.6 is 0 Å². The number of imidazole rings is 1. The van der Waals surface area contributed by atoms with Crippen LogP contribution in [0.5, 0.6) is 0 Å². The first kappa shape index (κ1) is 19.2. The van der Waals surface area contributed by atoms with Crippen molar-refractivity contribution in [2.24, 2.45) is 0 Å². The molecule has 1 unspecified atom stereocenters. The summed E-state index contributed by atoms with van der Waals surface area (Å²) in [4.78, 5) is 0. The Bertz CT molecular complexity index is 1030. The Morgan fingerprint density at radius 1 is 0.793 bits per heavy atom. The second kappa shape index (κ2) is 8.91. The summed E-state index contributed by atoms with van der Waals surface area (Å²) in [6.07, 6.45) is 4.28. The molecule has 0 fully saturated rings. The van der Waals surface area contributed by atoms with Crippen LogP contribution in [0, 0.1) is 0 Å². The summed E-state index contributed by atoms with van der Waals surface area (Å²) in [5, 5.41) is 0. The molecule has 3 aromatic carbocycles. The summed E-state index contributed by atoms with van der Waals surface area (Å²) >= 11 is 0. The molecule has 0 aliphatic heterocycles. The van der Waals surface area contributed by atoms with Gasteiger partial charge in [0.2, 0.25) is 0 Å². The first-order valence-electron chi connectivity index (χ1n) is 10.5. The van der Waals surface area contributed by atoms with Crippen LogP contribution in [0.2, 0.25) is 0 Å². The third-order valence-corrected chi connectivity index (χ3v) is 5.63. The maximum Gasteiger partial charge on any atom is 0.266 e. The molecule has 0 aliphatic rings. The molecule has 146 valence electrons. The molecule has 0 bridgehead atoms. The smallest absolute Gasteiger partial charge is 0.234 e. The van der Waals surface area contributed by atoms with Crippen LogP contribution in [0.15, 0.2) is 97.2 Å². The van der Waals surface area contributed by atoms with Gasteiger partial charge in [0.05, 0.1) is 13.0 Å². The summed E-state index contributed by atoms with van der Waals surface area (Å²) < 4.78 is 4.88. The van der Waals surface area contributed by atoms with Crippen LogP contribution in [0.25, 0.3) is 5.69 Å². The molecule has 0 aliphatic carbocycles. The first-order valence-corrected chi connectivity index (χ1v) is 10.5. The van der Waals surface area contributed by atoms with Crippen molar-refractivity contribution in [3.8, 4) is 5.69 Å². The van der Waals surface area contributed by atoms with Crippen molar-refractivity contribution in [1.82, 2.24) is 4.57 Å². The first-order chi connectivity index (χ1) is 14.3. The molecule has 1 atom stereocenters. The van der Waals surface area contributed by atoms with Gasteiger partial charge in [-0.3, -0.25) is 0 Å². The summed E-state index contributed by atoms with van der Waals surface area (Å²) in [5.41, 5.74) is 5.33. The molecule has 2 nitrogen and oxygen atoms in total. The number of nitrogens with zero attached hydrogens (tertiary/aromatic N) is 2. The van der Waals surface area contributed by atoms with E-state index in [1.807, 2.05) is 0 Å². The number of aromatic nitrogens is 2. The van der Waals surface area contributed by atoms with E-state index >= 15 is 0 Å². The zero-order valence-electron chi connectivity index (χ0n) is 17.3. The van der Waals surface area contributed by atoms with E-state index in [9.17, 15) is 0 Å². The number of rotatable bonds is 7. The normalized spacial score (nSPS) is 12.1. The predicted octanol–water partition coefficient (Wildman–Crippen LogP) is 5.72. The minimum Gasteiger partial charge on any atom is -0.234 e. The van der Waals surface area contributed by atoms with Gasteiger partial charge in [0, 0.05) is 6.42 Å². The molecule has 0 N–H and O–H groups in total. The summed E-state index contributed by atoms with van der Waals surface area (Å²) in [5.74, 6) is 1.80. The quantitative estimate of drug-likeness (QED) is 0.362. The monoisotopic (exact) mass is 381 g/mol. The van der Waals surface area contributed by atoms with Crippen LogP contribution in [0.3, 0.4) is 0 Å². The number of aryl methyl sites for hydroxylation is 1. The third-order valence-electron chi connectivity index (χ3n) is 5.63. The lowest BCUT2D eigenvalue weighted by Gasteiger charge is -2.11. The van der Waals surface area contributed by atoms with Gasteiger partial charge in [-0.15, -0.1) is 0 Å². The lowest BCUT2D eigenvalue weighted by Crippen LogP contribution is -2.36. The van der Waals surface area contributed by atoms with E-state index in [-0.39, 0.29) is 0 Å². The Labute approximate surface area is 174 Å². The van der Waals surface area contributed by atoms with Crippen molar-refractivity contribution in [3.63, 3.8) is 0 Å². The Hall–Kier alpha value is -3.13. The minimum atomic E-state index is 0.462. The Balaban J connectivity index is 1.78. The van der Waals surface area contributed by atoms with Gasteiger partial charge in [-0.1, -0.05) is 85.8 Å². The molecule has 0 saturated heterocycles. The van der Waals surface area contributed by atoms with Gasteiger partial charge in [-0.05, 0) is 36.1 Å². The molecule has 1 aromatic heterocycles. The lowest BCUT2D eigenvalue weighted by atomic mass is 9.96. The van der Waals surface area contributed by atoms with Crippen LogP contribution in [-0.4, -0.2) is 4.57 Å². The number of hydrogen-bond donors (Lipinski definition) is 0. The molecule has 0 spiro atoms. The Morgan fingerprint density at radius 3 is 2.00 bits per heavy atom. The third kappa shape index (κ3) is 4.32. The summed E-state index contributed by atoms with van der Waals surface area (Å²) in [7, 11) is 0. The SMILES string of the molecule is CC[n+]1cc(CC(C)c2ccccc2)n(-c2ccccc2)c1Cc1ccccc1. The highest BCUT2D eigenvalue weighted by atomic mass is 15.2. The molecule has 0 saturated carbocycles. The van der Waals surface area contributed by atoms with E-state index in [1.165, 1.54) is 28.3 Å².